The smallest absolute Gasteiger partial charge is 0.225 e. The van der Waals surface area contributed by atoms with Crippen molar-refractivity contribution in [1.82, 2.24) is 5.32 Å². The predicted molar refractivity (Wildman–Crippen MR) is 68.1 cm³/mol. The minimum Gasteiger partial charge on any atom is -0.320 e. The van der Waals surface area contributed by atoms with E-state index in [0.717, 1.165) is 0 Å². The molecular weight excluding hydrogens is 251 g/mol. The van der Waals surface area contributed by atoms with Crippen LogP contribution in [0, 0.1) is 17.1 Å². The van der Waals surface area contributed by atoms with Crippen LogP contribution in [0.15, 0.2) is 34.9 Å². The average Bonchev–Trinajstić information content (AvgIpc) is 2.38. The lowest BCUT2D eigenvalue weighted by molar-refractivity contribution is -0.120. The molecule has 0 aromatic heterocycles. The lowest BCUT2D eigenvalue weighted by Crippen LogP contribution is -2.30. The van der Waals surface area contributed by atoms with Gasteiger partial charge < -0.3 is 5.32 Å². The predicted octanol–water partition coefficient (Wildman–Crippen LogP) is 2.53. The standard InChI is InChI=1S/C13H11FN2OS/c1-18-13-10(7-15)9(6-12(17)16-13)8-4-2-3-5-11(8)14/h2-5,9H,6H2,1H3,(H,16,17)/t9-/m0/s1. The first-order chi connectivity index (χ1) is 8.67. The second-order valence-corrected chi connectivity index (χ2v) is 4.70. The van der Waals surface area contributed by atoms with Crippen molar-refractivity contribution < 1.29 is 9.18 Å². The van der Waals surface area contributed by atoms with Crippen molar-refractivity contribution in [2.24, 2.45) is 0 Å². The first-order valence-corrected chi connectivity index (χ1v) is 6.62. The van der Waals surface area contributed by atoms with Gasteiger partial charge in [0.25, 0.3) is 0 Å². The Kier molecular flexibility index (Phi) is 3.68. The van der Waals surface area contributed by atoms with Gasteiger partial charge in [0.05, 0.1) is 16.7 Å². The third kappa shape index (κ3) is 2.24. The second-order valence-electron chi connectivity index (χ2n) is 3.89. The number of nitriles is 1. The summed E-state index contributed by atoms with van der Waals surface area (Å²) in [7, 11) is 0. The third-order valence-electron chi connectivity index (χ3n) is 2.84. The quantitative estimate of drug-likeness (QED) is 0.891. The van der Waals surface area contributed by atoms with Gasteiger partial charge >= 0.3 is 0 Å². The maximum absolute atomic E-state index is 13.8. The minimum absolute atomic E-state index is 0.105. The summed E-state index contributed by atoms with van der Waals surface area (Å²) in [4.78, 5) is 11.6. The number of hydrogen-bond acceptors (Lipinski definition) is 3. The van der Waals surface area contributed by atoms with E-state index in [0.29, 0.717) is 16.2 Å². The molecule has 1 aromatic rings. The Hall–Kier alpha value is -1.80. The molecule has 92 valence electrons. The average molecular weight is 262 g/mol. The van der Waals surface area contributed by atoms with E-state index in [4.69, 9.17) is 0 Å². The largest absolute Gasteiger partial charge is 0.320 e. The Labute approximate surface area is 109 Å². The molecular formula is C13H11FN2OS. The molecule has 1 heterocycles. The van der Waals surface area contributed by atoms with Gasteiger partial charge in [0.15, 0.2) is 0 Å². The molecule has 1 aliphatic heterocycles. The highest BCUT2D eigenvalue weighted by Crippen LogP contribution is 2.36. The first kappa shape index (κ1) is 12.7. The minimum atomic E-state index is -0.493. The molecule has 0 bridgehead atoms. The first-order valence-electron chi connectivity index (χ1n) is 5.40. The van der Waals surface area contributed by atoms with Crippen molar-refractivity contribution >= 4 is 17.7 Å². The van der Waals surface area contributed by atoms with Gasteiger partial charge in [0.2, 0.25) is 5.91 Å². The number of nitrogens with one attached hydrogen (secondary N) is 1. The molecule has 2 rings (SSSR count). The van der Waals surface area contributed by atoms with E-state index in [1.807, 2.05) is 0 Å². The number of amides is 1. The molecule has 0 fully saturated rings. The van der Waals surface area contributed by atoms with Crippen molar-refractivity contribution in [3.8, 4) is 6.07 Å². The molecule has 18 heavy (non-hydrogen) atoms. The molecule has 0 aliphatic carbocycles. The maximum atomic E-state index is 13.8. The van der Waals surface area contributed by atoms with Gasteiger partial charge in [-0.3, -0.25) is 4.79 Å². The fourth-order valence-corrected chi connectivity index (χ4v) is 2.63. The summed E-state index contributed by atoms with van der Waals surface area (Å²) in [5.74, 6) is -1.07. The number of rotatable bonds is 2. The summed E-state index contributed by atoms with van der Waals surface area (Å²) < 4.78 is 13.8. The zero-order valence-corrected chi connectivity index (χ0v) is 10.6. The van der Waals surface area contributed by atoms with E-state index < -0.39 is 5.92 Å². The van der Waals surface area contributed by atoms with Gasteiger partial charge in [-0.2, -0.15) is 5.26 Å². The van der Waals surface area contributed by atoms with Crippen molar-refractivity contribution in [3.63, 3.8) is 0 Å². The molecule has 1 N–H and O–H groups in total. The Morgan fingerprint density at radius 2 is 2.22 bits per heavy atom. The van der Waals surface area contributed by atoms with E-state index in [1.54, 1.807) is 24.5 Å². The number of hydrogen-bond donors (Lipinski definition) is 1. The summed E-state index contributed by atoms with van der Waals surface area (Å²) in [6.07, 6.45) is 1.88. The highest BCUT2D eigenvalue weighted by Gasteiger charge is 2.30. The third-order valence-corrected chi connectivity index (χ3v) is 3.57. The van der Waals surface area contributed by atoms with Crippen LogP contribution >= 0.6 is 11.8 Å². The molecule has 1 aromatic carbocycles. The number of thioether (sulfide) groups is 1. The van der Waals surface area contributed by atoms with E-state index >= 15 is 0 Å². The molecule has 1 amide bonds. The molecule has 5 heteroatoms. The van der Waals surface area contributed by atoms with E-state index in [1.165, 1.54) is 17.8 Å². The van der Waals surface area contributed by atoms with Gasteiger partial charge in [0.1, 0.15) is 5.82 Å². The molecule has 1 atom stereocenters. The van der Waals surface area contributed by atoms with E-state index in [2.05, 4.69) is 11.4 Å². The highest BCUT2D eigenvalue weighted by molar-refractivity contribution is 8.02. The SMILES string of the molecule is CSC1=C(C#N)[C@H](c2ccccc2F)CC(=O)N1. The van der Waals surface area contributed by atoms with Crippen molar-refractivity contribution in [1.29, 1.82) is 5.26 Å². The molecule has 0 radical (unpaired) electrons. The number of carbonyl (C=O) groups is 1. The molecule has 1 aliphatic rings. The van der Waals surface area contributed by atoms with Gasteiger partial charge in [-0.15, -0.1) is 11.8 Å². The van der Waals surface area contributed by atoms with Crippen LogP contribution < -0.4 is 5.32 Å². The number of allylic oxidation sites excluding steroid dienone is 1. The van der Waals surface area contributed by atoms with Gasteiger partial charge in [-0.25, -0.2) is 4.39 Å². The Balaban J connectivity index is 2.52. The summed E-state index contributed by atoms with van der Waals surface area (Å²) >= 11 is 1.29. The van der Waals surface area contributed by atoms with Crippen LogP contribution in [-0.4, -0.2) is 12.2 Å². The maximum Gasteiger partial charge on any atom is 0.225 e. The fraction of sp³-hybridized carbons (Fsp3) is 0.231. The van der Waals surface area contributed by atoms with Gasteiger partial charge in [0, 0.05) is 12.3 Å². The number of carbonyl (C=O) groups excluding carboxylic acids is 1. The highest BCUT2D eigenvalue weighted by atomic mass is 32.2. The van der Waals surface area contributed by atoms with Crippen molar-refractivity contribution in [2.45, 2.75) is 12.3 Å². The van der Waals surface area contributed by atoms with Crippen LogP contribution in [-0.2, 0) is 4.79 Å². The van der Waals surface area contributed by atoms with Crippen LogP contribution in [0.3, 0.4) is 0 Å². The van der Waals surface area contributed by atoms with Crippen LogP contribution in [0.5, 0.6) is 0 Å². The van der Waals surface area contributed by atoms with Crippen LogP contribution in [0.1, 0.15) is 17.9 Å². The Morgan fingerprint density at radius 1 is 1.50 bits per heavy atom. The molecule has 3 nitrogen and oxygen atoms in total. The molecule has 0 saturated heterocycles. The topological polar surface area (TPSA) is 52.9 Å². The van der Waals surface area contributed by atoms with Crippen molar-refractivity contribution in [2.75, 3.05) is 6.26 Å². The Bertz CT molecular complexity index is 562. The van der Waals surface area contributed by atoms with E-state index in [9.17, 15) is 14.4 Å². The lowest BCUT2D eigenvalue weighted by atomic mass is 9.87. The normalized spacial score (nSPS) is 19.4. The van der Waals surface area contributed by atoms with Crippen molar-refractivity contribution in [3.05, 3.63) is 46.2 Å². The lowest BCUT2D eigenvalue weighted by Gasteiger charge is -2.24. The zero-order chi connectivity index (χ0) is 13.1. The van der Waals surface area contributed by atoms with Gasteiger partial charge in [-0.1, -0.05) is 18.2 Å². The summed E-state index contributed by atoms with van der Waals surface area (Å²) in [6, 6.07) is 8.34. The van der Waals surface area contributed by atoms with Gasteiger partial charge in [-0.05, 0) is 17.9 Å². The molecule has 0 spiro atoms. The number of halogens is 1. The summed E-state index contributed by atoms with van der Waals surface area (Å²) in [6.45, 7) is 0. The number of benzene rings is 1. The monoisotopic (exact) mass is 262 g/mol. The second kappa shape index (κ2) is 5.23. The molecule has 0 saturated carbocycles. The summed E-state index contributed by atoms with van der Waals surface area (Å²) in [5, 5.41) is 12.4. The fourth-order valence-electron chi connectivity index (χ4n) is 2.00. The zero-order valence-electron chi connectivity index (χ0n) is 9.74. The van der Waals surface area contributed by atoms with E-state index in [-0.39, 0.29) is 18.1 Å². The van der Waals surface area contributed by atoms with Crippen LogP contribution in [0.4, 0.5) is 4.39 Å². The van der Waals surface area contributed by atoms with Crippen LogP contribution in [0.2, 0.25) is 0 Å². The summed E-state index contributed by atoms with van der Waals surface area (Å²) in [5.41, 5.74) is 0.822. The van der Waals surface area contributed by atoms with Crippen LogP contribution in [0.25, 0.3) is 0 Å². The Morgan fingerprint density at radius 3 is 2.83 bits per heavy atom. The number of nitrogens with zero attached hydrogens (tertiary/aromatic N) is 1. The molecule has 0 unspecified atom stereocenters.